The summed E-state index contributed by atoms with van der Waals surface area (Å²) in [6.07, 6.45) is 4.96. The fourth-order valence-corrected chi connectivity index (χ4v) is 2.81. The topological polar surface area (TPSA) is 23.6 Å². The molecule has 0 aromatic carbocycles. The van der Waals surface area contributed by atoms with E-state index in [-0.39, 0.29) is 0 Å². The zero-order chi connectivity index (χ0) is 11.8. The van der Waals surface area contributed by atoms with Gasteiger partial charge in [0.2, 0.25) is 5.91 Å². The molecule has 0 saturated carbocycles. The molecule has 1 aliphatic heterocycles. The molecule has 4 heteroatoms. The summed E-state index contributed by atoms with van der Waals surface area (Å²) in [6.45, 7) is 3.01. The van der Waals surface area contributed by atoms with Gasteiger partial charge in [0, 0.05) is 25.4 Å². The van der Waals surface area contributed by atoms with E-state index in [1.165, 1.54) is 25.7 Å². The van der Waals surface area contributed by atoms with Crippen molar-refractivity contribution in [3.8, 4) is 0 Å². The van der Waals surface area contributed by atoms with Crippen molar-refractivity contribution in [2.24, 2.45) is 0 Å². The van der Waals surface area contributed by atoms with E-state index in [0.29, 0.717) is 11.7 Å². The Bertz CT molecular complexity index is 201. The molecular formula is C12H24N2OS. The second kappa shape index (κ2) is 7.96. The number of carbonyl (C=O) groups excluding carboxylic acids is 1. The van der Waals surface area contributed by atoms with Crippen molar-refractivity contribution >= 4 is 17.7 Å². The maximum atomic E-state index is 11.9. The SMILES string of the molecule is CN(C)CCSCC(=O)N1CCCCCC1. The Labute approximate surface area is 104 Å². The van der Waals surface area contributed by atoms with Crippen LogP contribution in [-0.2, 0) is 4.79 Å². The largest absolute Gasteiger partial charge is 0.342 e. The molecule has 0 bridgehead atoms. The van der Waals surface area contributed by atoms with E-state index in [1.54, 1.807) is 11.8 Å². The molecule has 0 atom stereocenters. The maximum absolute atomic E-state index is 11.9. The van der Waals surface area contributed by atoms with Crippen molar-refractivity contribution in [1.29, 1.82) is 0 Å². The molecule has 94 valence electrons. The summed E-state index contributed by atoms with van der Waals surface area (Å²) < 4.78 is 0. The number of likely N-dealkylation sites (tertiary alicyclic amines) is 1. The normalized spacial score (nSPS) is 17.6. The minimum atomic E-state index is 0.339. The van der Waals surface area contributed by atoms with Gasteiger partial charge in [0.05, 0.1) is 5.75 Å². The van der Waals surface area contributed by atoms with Crippen LogP contribution in [0.3, 0.4) is 0 Å². The van der Waals surface area contributed by atoms with Crippen LogP contribution in [0, 0.1) is 0 Å². The van der Waals surface area contributed by atoms with Crippen molar-refractivity contribution < 1.29 is 4.79 Å². The Morgan fingerprint density at radius 2 is 1.81 bits per heavy atom. The lowest BCUT2D eigenvalue weighted by atomic mass is 10.2. The number of amides is 1. The fourth-order valence-electron chi connectivity index (χ4n) is 1.82. The van der Waals surface area contributed by atoms with Gasteiger partial charge in [-0.1, -0.05) is 12.8 Å². The Morgan fingerprint density at radius 1 is 1.19 bits per heavy atom. The summed E-state index contributed by atoms with van der Waals surface area (Å²) in [6, 6.07) is 0. The van der Waals surface area contributed by atoms with Crippen LogP contribution in [0.1, 0.15) is 25.7 Å². The minimum absolute atomic E-state index is 0.339. The van der Waals surface area contributed by atoms with Gasteiger partial charge in [-0.15, -0.1) is 0 Å². The van der Waals surface area contributed by atoms with Gasteiger partial charge >= 0.3 is 0 Å². The van der Waals surface area contributed by atoms with Crippen LogP contribution < -0.4 is 0 Å². The van der Waals surface area contributed by atoms with Crippen LogP contribution >= 0.6 is 11.8 Å². The third kappa shape index (κ3) is 5.75. The molecule has 0 unspecified atom stereocenters. The van der Waals surface area contributed by atoms with E-state index in [2.05, 4.69) is 23.9 Å². The molecule has 1 fully saturated rings. The van der Waals surface area contributed by atoms with E-state index in [4.69, 9.17) is 0 Å². The number of hydrogen-bond donors (Lipinski definition) is 0. The fraction of sp³-hybridized carbons (Fsp3) is 0.917. The number of nitrogens with zero attached hydrogens (tertiary/aromatic N) is 2. The lowest BCUT2D eigenvalue weighted by molar-refractivity contribution is -0.128. The molecule has 3 nitrogen and oxygen atoms in total. The molecule has 1 saturated heterocycles. The second-order valence-electron chi connectivity index (χ2n) is 4.65. The molecule has 0 aliphatic carbocycles. The Morgan fingerprint density at radius 3 is 2.38 bits per heavy atom. The van der Waals surface area contributed by atoms with E-state index in [1.807, 2.05) is 0 Å². The molecule has 0 spiro atoms. The third-order valence-corrected chi connectivity index (χ3v) is 3.79. The average molecular weight is 244 g/mol. The van der Waals surface area contributed by atoms with Crippen molar-refractivity contribution in [3.05, 3.63) is 0 Å². The van der Waals surface area contributed by atoms with Crippen molar-refractivity contribution in [2.45, 2.75) is 25.7 Å². The highest BCUT2D eigenvalue weighted by molar-refractivity contribution is 7.99. The van der Waals surface area contributed by atoms with E-state index in [9.17, 15) is 4.79 Å². The van der Waals surface area contributed by atoms with Crippen LogP contribution in [0.2, 0.25) is 0 Å². The molecular weight excluding hydrogens is 220 g/mol. The highest BCUT2D eigenvalue weighted by Gasteiger charge is 2.14. The smallest absolute Gasteiger partial charge is 0.232 e. The highest BCUT2D eigenvalue weighted by Crippen LogP contribution is 2.11. The van der Waals surface area contributed by atoms with Gasteiger partial charge in [-0.25, -0.2) is 0 Å². The van der Waals surface area contributed by atoms with Gasteiger partial charge in [0.25, 0.3) is 0 Å². The third-order valence-electron chi connectivity index (χ3n) is 2.87. The number of carbonyl (C=O) groups is 1. The summed E-state index contributed by atoms with van der Waals surface area (Å²) in [5.74, 6) is 2.05. The first-order valence-electron chi connectivity index (χ1n) is 6.20. The number of hydrogen-bond acceptors (Lipinski definition) is 3. The van der Waals surface area contributed by atoms with Crippen LogP contribution in [-0.4, -0.2) is 60.9 Å². The van der Waals surface area contributed by atoms with E-state index < -0.39 is 0 Å². The lowest BCUT2D eigenvalue weighted by Gasteiger charge is -2.20. The summed E-state index contributed by atoms with van der Waals surface area (Å²) in [7, 11) is 4.13. The molecule has 0 radical (unpaired) electrons. The first kappa shape index (κ1) is 13.8. The standard InChI is InChI=1S/C12H24N2OS/c1-13(2)9-10-16-11-12(15)14-7-5-3-4-6-8-14/h3-11H2,1-2H3. The molecule has 0 aromatic rings. The molecule has 1 aliphatic rings. The van der Waals surface area contributed by atoms with E-state index >= 15 is 0 Å². The molecule has 0 aromatic heterocycles. The number of rotatable bonds is 5. The van der Waals surface area contributed by atoms with Gasteiger partial charge in [-0.3, -0.25) is 4.79 Å². The van der Waals surface area contributed by atoms with Gasteiger partial charge < -0.3 is 9.80 Å². The van der Waals surface area contributed by atoms with Crippen LogP contribution in [0.25, 0.3) is 0 Å². The van der Waals surface area contributed by atoms with Gasteiger partial charge in [0.1, 0.15) is 0 Å². The van der Waals surface area contributed by atoms with Crippen LogP contribution in [0.15, 0.2) is 0 Å². The summed E-state index contributed by atoms with van der Waals surface area (Å²) >= 11 is 1.76. The van der Waals surface area contributed by atoms with Crippen molar-refractivity contribution in [1.82, 2.24) is 9.80 Å². The molecule has 1 heterocycles. The number of thioether (sulfide) groups is 1. The first-order chi connectivity index (χ1) is 7.70. The second-order valence-corrected chi connectivity index (χ2v) is 5.76. The van der Waals surface area contributed by atoms with Gasteiger partial charge in [0.15, 0.2) is 0 Å². The Kier molecular flexibility index (Phi) is 6.88. The predicted molar refractivity (Wildman–Crippen MR) is 70.9 cm³/mol. The van der Waals surface area contributed by atoms with Crippen LogP contribution in [0.4, 0.5) is 0 Å². The van der Waals surface area contributed by atoms with Crippen molar-refractivity contribution in [3.63, 3.8) is 0 Å². The maximum Gasteiger partial charge on any atom is 0.232 e. The summed E-state index contributed by atoms with van der Waals surface area (Å²) in [4.78, 5) is 16.1. The molecule has 16 heavy (non-hydrogen) atoms. The monoisotopic (exact) mass is 244 g/mol. The summed E-state index contributed by atoms with van der Waals surface area (Å²) in [5, 5.41) is 0. The van der Waals surface area contributed by atoms with Crippen molar-refractivity contribution in [2.75, 3.05) is 45.2 Å². The lowest BCUT2D eigenvalue weighted by Crippen LogP contribution is -2.33. The quantitative estimate of drug-likeness (QED) is 0.688. The van der Waals surface area contributed by atoms with E-state index in [0.717, 1.165) is 25.4 Å². The van der Waals surface area contributed by atoms with Gasteiger partial charge in [-0.2, -0.15) is 11.8 Å². The minimum Gasteiger partial charge on any atom is -0.342 e. The van der Waals surface area contributed by atoms with Crippen LogP contribution in [0.5, 0.6) is 0 Å². The Hall–Kier alpha value is -0.220. The predicted octanol–water partition coefficient (Wildman–Crippen LogP) is 1.68. The zero-order valence-electron chi connectivity index (χ0n) is 10.6. The molecule has 1 amide bonds. The molecule has 1 rings (SSSR count). The van der Waals surface area contributed by atoms with Gasteiger partial charge in [-0.05, 0) is 26.9 Å². The summed E-state index contributed by atoms with van der Waals surface area (Å²) in [5.41, 5.74) is 0. The zero-order valence-corrected chi connectivity index (χ0v) is 11.4. The Balaban J connectivity index is 2.13. The average Bonchev–Trinajstić information content (AvgIpc) is 2.52. The highest BCUT2D eigenvalue weighted by atomic mass is 32.2. The molecule has 0 N–H and O–H groups in total. The first-order valence-corrected chi connectivity index (χ1v) is 7.36.